The van der Waals surface area contributed by atoms with E-state index in [4.69, 9.17) is 28.4 Å². The molecule has 15 heteroatoms. The SMILES string of the molecule is CC(C)(C)OC(=O)N1CCN(CCOCCOCCOCc2cn(CCOCCOCCN3C(=O)c4ccccc4C3=O)nn2)CC1. The van der Waals surface area contributed by atoms with Crippen molar-refractivity contribution in [1.29, 1.82) is 0 Å². The zero-order chi connectivity index (χ0) is 33.5. The van der Waals surface area contributed by atoms with Crippen LogP contribution < -0.4 is 0 Å². The van der Waals surface area contributed by atoms with Gasteiger partial charge < -0.3 is 33.3 Å². The maximum Gasteiger partial charge on any atom is 0.410 e. The maximum absolute atomic E-state index is 12.4. The number of piperazine rings is 1. The maximum atomic E-state index is 12.4. The van der Waals surface area contributed by atoms with Crippen LogP contribution in [0.5, 0.6) is 0 Å². The molecule has 260 valence electrons. The second-order valence-electron chi connectivity index (χ2n) is 12.1. The Morgan fingerprint density at radius 2 is 1.26 bits per heavy atom. The van der Waals surface area contributed by atoms with Gasteiger partial charge in [-0.1, -0.05) is 17.3 Å². The molecule has 3 heterocycles. The molecule has 0 aliphatic carbocycles. The number of amides is 3. The van der Waals surface area contributed by atoms with Gasteiger partial charge in [0, 0.05) is 32.7 Å². The van der Waals surface area contributed by atoms with E-state index in [9.17, 15) is 14.4 Å². The number of benzene rings is 1. The second kappa shape index (κ2) is 18.8. The average Bonchev–Trinajstić information content (AvgIpc) is 3.60. The van der Waals surface area contributed by atoms with E-state index in [2.05, 4.69) is 15.2 Å². The summed E-state index contributed by atoms with van der Waals surface area (Å²) in [5.74, 6) is -0.565. The van der Waals surface area contributed by atoms with Crippen molar-refractivity contribution in [2.45, 2.75) is 39.5 Å². The van der Waals surface area contributed by atoms with Crippen LogP contribution in [-0.4, -0.2) is 152 Å². The zero-order valence-corrected chi connectivity index (χ0v) is 27.8. The third kappa shape index (κ3) is 12.2. The fourth-order valence-electron chi connectivity index (χ4n) is 4.88. The zero-order valence-electron chi connectivity index (χ0n) is 27.8. The number of imide groups is 1. The molecule has 1 fully saturated rings. The average molecular weight is 661 g/mol. The first-order valence-corrected chi connectivity index (χ1v) is 16.1. The molecule has 0 unspecified atom stereocenters. The van der Waals surface area contributed by atoms with Crippen LogP contribution in [0.15, 0.2) is 30.5 Å². The summed E-state index contributed by atoms with van der Waals surface area (Å²) in [4.78, 5) is 42.1. The molecule has 47 heavy (non-hydrogen) atoms. The minimum absolute atomic E-state index is 0.205. The quantitative estimate of drug-likeness (QED) is 0.150. The van der Waals surface area contributed by atoms with E-state index in [-0.39, 0.29) is 31.1 Å². The topological polar surface area (TPSA) is 147 Å². The van der Waals surface area contributed by atoms with Crippen LogP contribution in [0.4, 0.5) is 4.79 Å². The van der Waals surface area contributed by atoms with Crippen molar-refractivity contribution in [1.82, 2.24) is 29.7 Å². The van der Waals surface area contributed by atoms with Crippen molar-refractivity contribution in [3.63, 3.8) is 0 Å². The summed E-state index contributed by atoms with van der Waals surface area (Å²) >= 11 is 0. The molecule has 1 aromatic heterocycles. The summed E-state index contributed by atoms with van der Waals surface area (Å²) in [5, 5.41) is 8.20. The number of fused-ring (bicyclic) bond motifs is 1. The molecule has 2 aromatic rings. The number of hydrogen-bond donors (Lipinski definition) is 0. The van der Waals surface area contributed by atoms with Crippen molar-refractivity contribution < 1.29 is 42.8 Å². The largest absolute Gasteiger partial charge is 0.444 e. The second-order valence-corrected chi connectivity index (χ2v) is 12.1. The van der Waals surface area contributed by atoms with Crippen LogP contribution in [0.2, 0.25) is 0 Å². The third-order valence-corrected chi connectivity index (χ3v) is 7.33. The standard InChI is InChI=1S/C32H48N6O9/c1-32(2,3)47-31(41)36-10-8-35(9-11-36)12-15-42-20-21-45-22-23-46-25-26-24-37(34-33-26)13-16-43-18-19-44-17-14-38-29(39)27-6-4-5-7-28(27)30(38)40/h4-7,24H,8-23,25H2,1-3H3. The number of aromatic nitrogens is 3. The molecule has 0 radical (unpaired) electrons. The molecule has 1 saturated heterocycles. The molecule has 0 bridgehead atoms. The van der Waals surface area contributed by atoms with E-state index in [1.165, 1.54) is 4.90 Å². The van der Waals surface area contributed by atoms with Gasteiger partial charge in [0.1, 0.15) is 11.3 Å². The van der Waals surface area contributed by atoms with Crippen molar-refractivity contribution in [2.24, 2.45) is 0 Å². The Morgan fingerprint density at radius 3 is 1.85 bits per heavy atom. The number of rotatable bonds is 20. The molecular weight excluding hydrogens is 612 g/mol. The van der Waals surface area contributed by atoms with Gasteiger partial charge in [0.05, 0.1) is 96.5 Å². The molecular formula is C32H48N6O9. The van der Waals surface area contributed by atoms with Crippen LogP contribution in [0.1, 0.15) is 47.2 Å². The van der Waals surface area contributed by atoms with Gasteiger partial charge in [-0.25, -0.2) is 9.48 Å². The van der Waals surface area contributed by atoms with Crippen LogP contribution in [0.3, 0.4) is 0 Å². The van der Waals surface area contributed by atoms with Crippen molar-refractivity contribution in [3.8, 4) is 0 Å². The molecule has 2 aliphatic heterocycles. The lowest BCUT2D eigenvalue weighted by Gasteiger charge is -2.35. The monoisotopic (exact) mass is 660 g/mol. The molecule has 1 aromatic carbocycles. The van der Waals surface area contributed by atoms with Gasteiger partial charge in [-0.3, -0.25) is 19.4 Å². The molecule has 0 saturated carbocycles. The van der Waals surface area contributed by atoms with Gasteiger partial charge in [0.2, 0.25) is 0 Å². The van der Waals surface area contributed by atoms with E-state index in [0.29, 0.717) is 90.2 Å². The first kappa shape index (κ1) is 36.4. The van der Waals surface area contributed by atoms with Gasteiger partial charge in [0.25, 0.3) is 11.8 Å². The van der Waals surface area contributed by atoms with Crippen LogP contribution in [-0.2, 0) is 41.6 Å². The first-order valence-electron chi connectivity index (χ1n) is 16.1. The van der Waals surface area contributed by atoms with E-state index in [1.54, 1.807) is 33.8 Å². The van der Waals surface area contributed by atoms with Gasteiger partial charge in [-0.2, -0.15) is 0 Å². The van der Waals surface area contributed by atoms with E-state index < -0.39 is 5.60 Å². The summed E-state index contributed by atoms with van der Waals surface area (Å²) < 4.78 is 35.1. The highest BCUT2D eigenvalue weighted by Gasteiger charge is 2.34. The first-order chi connectivity index (χ1) is 22.7. The van der Waals surface area contributed by atoms with Crippen LogP contribution in [0, 0.1) is 0 Å². The number of carbonyl (C=O) groups is 3. The molecule has 4 rings (SSSR count). The summed E-state index contributed by atoms with van der Waals surface area (Å²) in [6, 6.07) is 6.82. The lowest BCUT2D eigenvalue weighted by Crippen LogP contribution is -2.50. The lowest BCUT2D eigenvalue weighted by molar-refractivity contribution is -0.000314. The molecule has 2 aliphatic rings. The number of nitrogens with zero attached hydrogens (tertiary/aromatic N) is 6. The highest BCUT2D eigenvalue weighted by Crippen LogP contribution is 2.21. The summed E-state index contributed by atoms with van der Waals surface area (Å²) in [6.07, 6.45) is 1.56. The number of ether oxygens (including phenoxy) is 6. The van der Waals surface area contributed by atoms with Gasteiger partial charge >= 0.3 is 6.09 Å². The predicted octanol–water partition coefficient (Wildman–Crippen LogP) is 1.71. The van der Waals surface area contributed by atoms with E-state index >= 15 is 0 Å². The molecule has 0 spiro atoms. The summed E-state index contributed by atoms with van der Waals surface area (Å²) in [6.45, 7) is 14.4. The Bertz CT molecular complexity index is 1240. The van der Waals surface area contributed by atoms with Crippen molar-refractivity contribution >= 4 is 17.9 Å². The van der Waals surface area contributed by atoms with E-state index in [0.717, 1.165) is 25.3 Å². The van der Waals surface area contributed by atoms with Gasteiger partial charge in [0.15, 0.2) is 0 Å². The Kier molecular flexibility index (Phi) is 14.5. The Labute approximate surface area is 275 Å². The summed E-state index contributed by atoms with van der Waals surface area (Å²) in [5.41, 5.74) is 1.12. The normalized spacial score (nSPS) is 15.5. The van der Waals surface area contributed by atoms with Gasteiger partial charge in [-0.05, 0) is 32.9 Å². The smallest absolute Gasteiger partial charge is 0.410 e. The molecule has 0 N–H and O–H groups in total. The minimum Gasteiger partial charge on any atom is -0.444 e. The Balaban J connectivity index is 0.910. The molecule has 0 atom stereocenters. The van der Waals surface area contributed by atoms with Crippen molar-refractivity contribution in [3.05, 3.63) is 47.3 Å². The third-order valence-electron chi connectivity index (χ3n) is 7.33. The minimum atomic E-state index is -0.478. The number of hydrogen-bond acceptors (Lipinski definition) is 12. The Morgan fingerprint density at radius 1 is 0.723 bits per heavy atom. The fourth-order valence-corrected chi connectivity index (χ4v) is 4.88. The molecule has 3 amide bonds. The van der Waals surface area contributed by atoms with E-state index in [1.807, 2.05) is 27.0 Å². The van der Waals surface area contributed by atoms with Crippen molar-refractivity contribution in [2.75, 3.05) is 98.7 Å². The fraction of sp³-hybridized carbons (Fsp3) is 0.656. The highest BCUT2D eigenvalue weighted by atomic mass is 16.6. The predicted molar refractivity (Wildman–Crippen MR) is 169 cm³/mol. The molecule has 15 nitrogen and oxygen atoms in total. The summed E-state index contributed by atoms with van der Waals surface area (Å²) in [7, 11) is 0. The number of carbonyl (C=O) groups excluding carboxylic acids is 3. The lowest BCUT2D eigenvalue weighted by atomic mass is 10.1. The Hall–Kier alpha value is -3.47. The van der Waals surface area contributed by atoms with Gasteiger partial charge in [-0.15, -0.1) is 5.10 Å². The highest BCUT2D eigenvalue weighted by molar-refractivity contribution is 6.21. The van der Waals surface area contributed by atoms with Crippen LogP contribution >= 0.6 is 0 Å². The van der Waals surface area contributed by atoms with Crippen LogP contribution in [0.25, 0.3) is 0 Å².